The van der Waals surface area contributed by atoms with Crippen LogP contribution < -0.4 is 16.0 Å². The number of rotatable bonds is 6. The normalized spacial score (nSPS) is 11.2. The summed E-state index contributed by atoms with van der Waals surface area (Å²) < 4.78 is 27.3. The molecule has 7 rings (SSSR count). The molecule has 13 nitrogen and oxygen atoms in total. The molecule has 0 saturated heterocycles. The number of aromatic nitrogens is 4. The molecular weight excluding hydrogens is 808 g/mol. The molecule has 7 aromatic rings. The summed E-state index contributed by atoms with van der Waals surface area (Å²) in [6, 6.07) is 29.4. The zero-order valence-corrected chi connectivity index (χ0v) is 34.8. The van der Waals surface area contributed by atoms with E-state index in [0.29, 0.717) is 50.4 Å². The van der Waals surface area contributed by atoms with Crippen LogP contribution >= 0.6 is 23.2 Å². The summed E-state index contributed by atoms with van der Waals surface area (Å²) in [5, 5.41) is 29.9. The van der Waals surface area contributed by atoms with Crippen molar-refractivity contribution in [2.24, 2.45) is 0 Å². The fraction of sp³-hybridized carbons (Fsp3) is 0.182. The van der Waals surface area contributed by atoms with Gasteiger partial charge in [-0.2, -0.15) is 10.5 Å². The SMILES string of the molecule is CC(C)(C)OC(=O)n1ccc2ccc(Nc3cc(Cl)cc(C#N)n3)cc21.CC(C)(C)OC(=O)n1ccc2ccc(Nc3cc(Nc4ccc(F)c(Cl)c4)cc(C#N)n3)cc21. The van der Waals surface area contributed by atoms with Crippen LogP contribution in [-0.4, -0.2) is 42.5 Å². The van der Waals surface area contributed by atoms with E-state index in [-0.39, 0.29) is 16.4 Å². The minimum absolute atomic E-state index is 0.0146. The number of ether oxygens (including phenoxy) is 2. The molecule has 0 radical (unpaired) electrons. The van der Waals surface area contributed by atoms with Crippen molar-refractivity contribution in [2.45, 2.75) is 52.7 Å². The van der Waals surface area contributed by atoms with E-state index in [4.69, 9.17) is 37.9 Å². The number of fused-ring (bicyclic) bond motifs is 2. The maximum absolute atomic E-state index is 13.5. The molecule has 0 unspecified atom stereocenters. The molecule has 16 heteroatoms. The molecule has 0 atom stereocenters. The van der Waals surface area contributed by atoms with E-state index < -0.39 is 29.2 Å². The Bertz CT molecular complexity index is 2850. The Morgan fingerprint density at radius 3 is 1.57 bits per heavy atom. The summed E-state index contributed by atoms with van der Waals surface area (Å²) in [6.07, 6.45) is 2.41. The Morgan fingerprint density at radius 2 is 1.08 bits per heavy atom. The van der Waals surface area contributed by atoms with Crippen LogP contribution in [0, 0.1) is 28.5 Å². The number of nitriles is 2. The van der Waals surface area contributed by atoms with Crippen molar-refractivity contribution in [3.8, 4) is 12.1 Å². The van der Waals surface area contributed by atoms with Gasteiger partial charge in [0, 0.05) is 57.0 Å². The van der Waals surface area contributed by atoms with Crippen molar-refractivity contribution >= 4 is 91.6 Å². The van der Waals surface area contributed by atoms with Crippen LogP contribution in [0.25, 0.3) is 21.8 Å². The first-order valence-electron chi connectivity index (χ1n) is 18.3. The first-order chi connectivity index (χ1) is 28.4. The lowest BCUT2D eigenvalue weighted by Crippen LogP contribution is -2.26. The fourth-order valence-electron chi connectivity index (χ4n) is 5.73. The standard InChI is InChI=1S/C25H21ClFN5O2.C19H17ClN4O2/c1-25(2,3)34-24(33)32-9-8-15-4-5-17(12-22(15)32)30-23-13-18(10-19(14-28)31-23)29-16-6-7-21(27)20(26)11-16;1-19(2,3)26-18(25)24-7-6-12-4-5-14(10-16(12)24)22-17-9-13(20)8-15(11-21)23-17/h4-13H,1-3H3,(H2,29,30,31);4-10H,1-3H3,(H,22,23). The highest BCUT2D eigenvalue weighted by molar-refractivity contribution is 6.31. The van der Waals surface area contributed by atoms with Crippen LogP contribution in [0.4, 0.5) is 48.4 Å². The van der Waals surface area contributed by atoms with Gasteiger partial charge < -0.3 is 25.4 Å². The minimum Gasteiger partial charge on any atom is -0.443 e. The largest absolute Gasteiger partial charge is 0.443 e. The maximum atomic E-state index is 13.5. The van der Waals surface area contributed by atoms with Gasteiger partial charge in [0.1, 0.15) is 52.2 Å². The molecule has 0 bridgehead atoms. The molecule has 0 fully saturated rings. The second-order valence-electron chi connectivity index (χ2n) is 15.3. The van der Waals surface area contributed by atoms with Gasteiger partial charge in [0.25, 0.3) is 0 Å². The number of hydrogen-bond donors (Lipinski definition) is 3. The summed E-state index contributed by atoms with van der Waals surface area (Å²) >= 11 is 11.9. The van der Waals surface area contributed by atoms with Crippen molar-refractivity contribution in [2.75, 3.05) is 16.0 Å². The van der Waals surface area contributed by atoms with Crippen LogP contribution in [0.2, 0.25) is 10.0 Å². The van der Waals surface area contributed by atoms with Gasteiger partial charge in [-0.3, -0.25) is 9.13 Å². The van der Waals surface area contributed by atoms with Crippen LogP contribution in [0.5, 0.6) is 0 Å². The van der Waals surface area contributed by atoms with E-state index in [0.717, 1.165) is 10.8 Å². The van der Waals surface area contributed by atoms with Crippen molar-refractivity contribution in [1.29, 1.82) is 10.5 Å². The number of anilines is 6. The molecule has 0 aliphatic carbocycles. The summed E-state index contributed by atoms with van der Waals surface area (Å²) in [7, 11) is 0. The quantitative estimate of drug-likeness (QED) is 0.145. The molecule has 3 aromatic carbocycles. The van der Waals surface area contributed by atoms with Gasteiger partial charge in [0.05, 0.1) is 16.1 Å². The fourth-order valence-corrected chi connectivity index (χ4v) is 6.12. The zero-order valence-electron chi connectivity index (χ0n) is 33.3. The van der Waals surface area contributed by atoms with Crippen molar-refractivity contribution in [3.63, 3.8) is 0 Å². The first-order valence-corrected chi connectivity index (χ1v) is 19.1. The second kappa shape index (κ2) is 17.4. The Kier molecular flexibility index (Phi) is 12.3. The number of nitrogens with zero attached hydrogens (tertiary/aromatic N) is 6. The topological polar surface area (TPSA) is 172 Å². The number of carbonyl (C=O) groups excluding carboxylic acids is 2. The van der Waals surface area contributed by atoms with Crippen molar-refractivity contribution < 1.29 is 23.5 Å². The van der Waals surface area contributed by atoms with Crippen molar-refractivity contribution in [1.82, 2.24) is 19.1 Å². The van der Waals surface area contributed by atoms with E-state index in [1.165, 1.54) is 27.3 Å². The van der Waals surface area contributed by atoms with Gasteiger partial charge in [-0.25, -0.2) is 23.9 Å². The molecular formula is C44H38Cl2FN9O4. The molecule has 0 spiro atoms. The second-order valence-corrected chi connectivity index (χ2v) is 16.1. The highest BCUT2D eigenvalue weighted by Gasteiger charge is 2.21. The van der Waals surface area contributed by atoms with E-state index >= 15 is 0 Å². The third-order valence-corrected chi connectivity index (χ3v) is 8.67. The van der Waals surface area contributed by atoms with E-state index in [1.54, 1.807) is 42.7 Å². The lowest BCUT2D eigenvalue weighted by Gasteiger charge is -2.20. The summed E-state index contributed by atoms with van der Waals surface area (Å²) in [4.78, 5) is 33.4. The van der Waals surface area contributed by atoms with Crippen LogP contribution in [-0.2, 0) is 9.47 Å². The summed E-state index contributed by atoms with van der Waals surface area (Å²) in [5.74, 6) is 0.335. The predicted octanol–water partition coefficient (Wildman–Crippen LogP) is 12.1. The Labute approximate surface area is 354 Å². The average Bonchev–Trinajstić information content (AvgIpc) is 3.79. The first kappa shape index (κ1) is 42.5. The van der Waals surface area contributed by atoms with Crippen LogP contribution in [0.1, 0.15) is 52.9 Å². The number of carbonyl (C=O) groups is 2. The molecule has 4 aromatic heterocycles. The van der Waals surface area contributed by atoms with E-state index in [9.17, 15) is 19.2 Å². The third kappa shape index (κ3) is 10.9. The highest BCUT2D eigenvalue weighted by atomic mass is 35.5. The molecule has 0 saturated carbocycles. The smallest absolute Gasteiger partial charge is 0.418 e. The Morgan fingerprint density at radius 1 is 0.617 bits per heavy atom. The van der Waals surface area contributed by atoms with Gasteiger partial charge >= 0.3 is 12.2 Å². The Balaban J connectivity index is 0.000000209. The van der Waals surface area contributed by atoms with E-state index in [2.05, 4.69) is 25.9 Å². The lowest BCUT2D eigenvalue weighted by molar-refractivity contribution is 0.0533. The number of benzene rings is 3. The van der Waals surface area contributed by atoms with Crippen LogP contribution in [0.15, 0.2) is 103 Å². The molecule has 60 heavy (non-hydrogen) atoms. The monoisotopic (exact) mass is 845 g/mol. The van der Waals surface area contributed by atoms with Gasteiger partial charge in [-0.05, 0) is 114 Å². The maximum Gasteiger partial charge on any atom is 0.418 e. The predicted molar refractivity (Wildman–Crippen MR) is 231 cm³/mol. The lowest BCUT2D eigenvalue weighted by atomic mass is 10.2. The highest BCUT2D eigenvalue weighted by Crippen LogP contribution is 2.29. The number of pyridine rings is 2. The number of hydrogen-bond acceptors (Lipinski definition) is 11. The van der Waals surface area contributed by atoms with Gasteiger partial charge in [0.2, 0.25) is 0 Å². The number of halogens is 3. The average molecular weight is 847 g/mol. The van der Waals surface area contributed by atoms with Crippen molar-refractivity contribution in [3.05, 3.63) is 131 Å². The molecule has 0 aliphatic heterocycles. The summed E-state index contributed by atoms with van der Waals surface area (Å²) in [6.45, 7) is 10.9. The van der Waals surface area contributed by atoms with Gasteiger partial charge in [0.15, 0.2) is 0 Å². The number of nitrogens with one attached hydrogen (secondary N) is 3. The minimum atomic E-state index is -0.622. The van der Waals surface area contributed by atoms with Gasteiger partial charge in [-0.15, -0.1) is 0 Å². The van der Waals surface area contributed by atoms with Gasteiger partial charge in [-0.1, -0.05) is 35.3 Å². The molecule has 3 N–H and O–H groups in total. The summed E-state index contributed by atoms with van der Waals surface area (Å²) in [5.41, 5.74) is 3.05. The third-order valence-electron chi connectivity index (χ3n) is 8.16. The molecule has 0 aliphatic rings. The Hall–Kier alpha value is -7.13. The molecule has 0 amide bonds. The zero-order chi connectivity index (χ0) is 43.4. The van der Waals surface area contributed by atoms with E-state index in [1.807, 2.05) is 96.1 Å². The van der Waals surface area contributed by atoms with Crippen LogP contribution in [0.3, 0.4) is 0 Å². The molecule has 304 valence electrons. The molecule has 4 heterocycles.